The second-order valence-corrected chi connectivity index (χ2v) is 12.0. The Hall–Kier alpha value is -4.53. The summed E-state index contributed by atoms with van der Waals surface area (Å²) in [5.41, 5.74) is 5.92. The quantitative estimate of drug-likeness (QED) is 0.257. The number of fused-ring (bicyclic) bond motifs is 1. The van der Waals surface area contributed by atoms with Crippen molar-refractivity contribution in [1.82, 2.24) is 20.0 Å². The van der Waals surface area contributed by atoms with Crippen LogP contribution in [-0.4, -0.2) is 79.9 Å². The Morgan fingerprint density at radius 3 is 2.18 bits per heavy atom. The lowest BCUT2D eigenvalue weighted by molar-refractivity contribution is -0.121. The van der Waals surface area contributed by atoms with E-state index in [1.165, 1.54) is 12.1 Å². The van der Waals surface area contributed by atoms with Gasteiger partial charge in [-0.3, -0.25) is 9.69 Å². The highest BCUT2D eigenvalue weighted by atomic mass is 19.1. The van der Waals surface area contributed by atoms with Crippen LogP contribution in [0.15, 0.2) is 108 Å². The zero-order chi connectivity index (χ0) is 31.2. The molecule has 232 valence electrons. The van der Waals surface area contributed by atoms with Gasteiger partial charge in [-0.05, 0) is 61.1 Å². The SMILES string of the molecule is CN(C)CCN1CCN(C2=Nc3ccccc3C(CC(=O)NCc3ccccc3)N2c2ccc(-c3ccc(F)cc3)cc2)CC1. The van der Waals surface area contributed by atoms with Crippen molar-refractivity contribution in [2.75, 3.05) is 58.3 Å². The van der Waals surface area contributed by atoms with Crippen LogP contribution >= 0.6 is 0 Å². The summed E-state index contributed by atoms with van der Waals surface area (Å²) >= 11 is 0. The molecule has 0 radical (unpaired) electrons. The number of nitrogens with one attached hydrogen (secondary N) is 1. The third-order valence-electron chi connectivity index (χ3n) is 8.60. The number of carbonyl (C=O) groups excluding carboxylic acids is 1. The van der Waals surface area contributed by atoms with Gasteiger partial charge in [0.25, 0.3) is 0 Å². The van der Waals surface area contributed by atoms with Crippen LogP contribution in [0.2, 0.25) is 0 Å². The molecule has 1 atom stereocenters. The van der Waals surface area contributed by atoms with Gasteiger partial charge < -0.3 is 20.0 Å². The molecule has 7 nitrogen and oxygen atoms in total. The Kier molecular flexibility index (Phi) is 9.52. The lowest BCUT2D eigenvalue weighted by atomic mass is 9.96. The lowest BCUT2D eigenvalue weighted by Gasteiger charge is -2.45. The third-order valence-corrected chi connectivity index (χ3v) is 8.60. The van der Waals surface area contributed by atoms with Crippen LogP contribution < -0.4 is 10.2 Å². The Labute approximate surface area is 265 Å². The molecule has 2 aliphatic rings. The topological polar surface area (TPSA) is 54.4 Å². The molecule has 0 saturated carbocycles. The number of halogens is 1. The minimum absolute atomic E-state index is 0.0126. The number of aliphatic imine (C=N–C) groups is 1. The summed E-state index contributed by atoms with van der Waals surface area (Å²) in [4.78, 5) is 28.1. The number of anilines is 1. The van der Waals surface area contributed by atoms with E-state index < -0.39 is 0 Å². The standard InChI is InChI=1S/C37H41FN6O/c1-41(2)20-21-42-22-24-43(25-23-42)37-40-34-11-7-6-10-33(34)35(26-36(45)39-27-28-8-4-3-5-9-28)44(37)32-18-14-30(15-19-32)29-12-16-31(38)17-13-29/h3-19,35H,20-27H2,1-2H3,(H,39,45). The molecule has 4 aromatic rings. The van der Waals surface area contributed by atoms with Crippen molar-refractivity contribution in [3.63, 3.8) is 0 Å². The van der Waals surface area contributed by atoms with E-state index in [1.807, 2.05) is 48.5 Å². The van der Waals surface area contributed by atoms with E-state index in [9.17, 15) is 9.18 Å². The van der Waals surface area contributed by atoms with E-state index in [0.717, 1.165) is 78.9 Å². The van der Waals surface area contributed by atoms with Crippen LogP contribution in [0.4, 0.5) is 15.8 Å². The predicted molar refractivity (Wildman–Crippen MR) is 180 cm³/mol. The molecule has 0 spiro atoms. The Bertz CT molecular complexity index is 1600. The molecule has 4 aromatic carbocycles. The van der Waals surface area contributed by atoms with E-state index in [1.54, 1.807) is 12.1 Å². The first kappa shape index (κ1) is 30.5. The second-order valence-electron chi connectivity index (χ2n) is 12.0. The molecule has 1 saturated heterocycles. The van der Waals surface area contributed by atoms with Crippen molar-refractivity contribution in [2.24, 2.45) is 4.99 Å². The van der Waals surface area contributed by atoms with Crippen LogP contribution in [0.5, 0.6) is 0 Å². The minimum atomic E-state index is -0.251. The van der Waals surface area contributed by atoms with Crippen molar-refractivity contribution in [3.8, 4) is 11.1 Å². The highest BCUT2D eigenvalue weighted by Gasteiger charge is 2.36. The molecule has 0 aromatic heterocycles. The zero-order valence-electron chi connectivity index (χ0n) is 26.1. The van der Waals surface area contributed by atoms with Gasteiger partial charge in [0.2, 0.25) is 11.9 Å². The smallest absolute Gasteiger partial charge is 0.222 e. The summed E-state index contributed by atoms with van der Waals surface area (Å²) in [6, 6.07) is 32.8. The average Bonchev–Trinajstić information content (AvgIpc) is 3.07. The highest BCUT2D eigenvalue weighted by Crippen LogP contribution is 2.41. The maximum absolute atomic E-state index is 13.6. The van der Waals surface area contributed by atoms with Crippen molar-refractivity contribution in [2.45, 2.75) is 19.0 Å². The molecule has 0 bridgehead atoms. The molecule has 1 N–H and O–H groups in total. The van der Waals surface area contributed by atoms with E-state index in [2.05, 4.69) is 69.3 Å². The number of guanidine groups is 1. The lowest BCUT2D eigenvalue weighted by Crippen LogP contribution is -2.56. The second kappa shape index (κ2) is 14.1. The predicted octanol–water partition coefficient (Wildman–Crippen LogP) is 5.93. The number of nitrogens with zero attached hydrogens (tertiary/aromatic N) is 5. The van der Waals surface area contributed by atoms with Crippen molar-refractivity contribution in [1.29, 1.82) is 0 Å². The number of likely N-dealkylation sites (N-methyl/N-ethyl adjacent to an activating group) is 1. The van der Waals surface area contributed by atoms with Crippen molar-refractivity contribution >= 4 is 23.2 Å². The number of benzene rings is 4. The summed E-state index contributed by atoms with van der Waals surface area (Å²) in [7, 11) is 4.22. The molecule has 0 aliphatic carbocycles. The molecule has 1 unspecified atom stereocenters. The van der Waals surface area contributed by atoms with E-state index >= 15 is 0 Å². The van der Waals surface area contributed by atoms with E-state index in [0.29, 0.717) is 6.54 Å². The Morgan fingerprint density at radius 1 is 0.844 bits per heavy atom. The van der Waals surface area contributed by atoms with Gasteiger partial charge in [-0.15, -0.1) is 0 Å². The normalized spacial score (nSPS) is 16.8. The monoisotopic (exact) mass is 604 g/mol. The fourth-order valence-electron chi connectivity index (χ4n) is 6.04. The van der Waals surface area contributed by atoms with Crippen LogP contribution in [0.1, 0.15) is 23.6 Å². The molecule has 2 heterocycles. The first-order valence-corrected chi connectivity index (χ1v) is 15.7. The molecule has 45 heavy (non-hydrogen) atoms. The van der Waals surface area contributed by atoms with Crippen LogP contribution in [0, 0.1) is 5.82 Å². The number of hydrogen-bond donors (Lipinski definition) is 1. The van der Waals surface area contributed by atoms with Crippen molar-refractivity contribution in [3.05, 3.63) is 120 Å². The van der Waals surface area contributed by atoms with Crippen LogP contribution in [0.25, 0.3) is 11.1 Å². The van der Waals surface area contributed by atoms with Gasteiger partial charge in [-0.1, -0.05) is 72.8 Å². The van der Waals surface area contributed by atoms with Crippen molar-refractivity contribution < 1.29 is 9.18 Å². The van der Waals surface area contributed by atoms with Gasteiger partial charge in [0.1, 0.15) is 5.82 Å². The van der Waals surface area contributed by atoms with Gasteiger partial charge in [0.05, 0.1) is 18.2 Å². The third kappa shape index (κ3) is 7.41. The molecular weight excluding hydrogens is 563 g/mol. The molecule has 6 rings (SSSR count). The number of para-hydroxylation sites is 1. The highest BCUT2D eigenvalue weighted by molar-refractivity contribution is 6.01. The fraction of sp³-hybridized carbons (Fsp3) is 0.297. The van der Waals surface area contributed by atoms with Crippen LogP contribution in [-0.2, 0) is 11.3 Å². The van der Waals surface area contributed by atoms with Gasteiger partial charge >= 0.3 is 0 Å². The summed E-state index contributed by atoms with van der Waals surface area (Å²) in [5, 5.41) is 3.15. The average molecular weight is 605 g/mol. The first-order chi connectivity index (χ1) is 21.9. The zero-order valence-corrected chi connectivity index (χ0v) is 26.1. The Balaban J connectivity index is 1.31. The summed E-state index contributed by atoms with van der Waals surface area (Å²) in [5.74, 6) is 0.607. The molecule has 2 aliphatic heterocycles. The summed E-state index contributed by atoms with van der Waals surface area (Å²) < 4.78 is 13.6. The van der Waals surface area contributed by atoms with E-state index in [4.69, 9.17) is 4.99 Å². The van der Waals surface area contributed by atoms with Gasteiger partial charge in [-0.25, -0.2) is 9.38 Å². The maximum Gasteiger partial charge on any atom is 0.222 e. The molecule has 1 amide bonds. The number of carbonyl (C=O) groups is 1. The number of hydrogen-bond acceptors (Lipinski definition) is 6. The number of piperazine rings is 1. The molecular formula is C37H41FN6O. The number of rotatable bonds is 9. The van der Waals surface area contributed by atoms with Gasteiger partial charge in [-0.2, -0.15) is 0 Å². The number of amides is 1. The molecule has 8 heteroatoms. The maximum atomic E-state index is 13.6. The van der Waals surface area contributed by atoms with Gasteiger partial charge in [0, 0.05) is 57.1 Å². The Morgan fingerprint density at radius 2 is 1.49 bits per heavy atom. The summed E-state index contributed by atoms with van der Waals surface area (Å²) in [6.45, 7) is 6.16. The van der Waals surface area contributed by atoms with E-state index in [-0.39, 0.29) is 24.2 Å². The van der Waals surface area contributed by atoms with Gasteiger partial charge in [0.15, 0.2) is 0 Å². The minimum Gasteiger partial charge on any atom is -0.352 e. The summed E-state index contributed by atoms with van der Waals surface area (Å²) in [6.07, 6.45) is 0.283. The molecule has 1 fully saturated rings. The fourth-order valence-corrected chi connectivity index (χ4v) is 6.04. The van der Waals surface area contributed by atoms with Crippen LogP contribution in [0.3, 0.4) is 0 Å². The largest absolute Gasteiger partial charge is 0.352 e. The first-order valence-electron chi connectivity index (χ1n) is 15.7.